The van der Waals surface area contributed by atoms with E-state index in [1.54, 1.807) is 19.1 Å². The van der Waals surface area contributed by atoms with Crippen LogP contribution < -0.4 is 14.8 Å². The minimum atomic E-state index is -3.53. The Morgan fingerprint density at radius 1 is 1.25 bits per heavy atom. The number of hydrogen-bond donors (Lipinski definition) is 2. The largest absolute Gasteiger partial charge is 0.490 e. The standard InChI is InChI=1S/C21H31FN4O5S/c1-15(17-6-7-18(22)19(10-17)31-14-16-11-25(2)12-16)24-32(29,30)9-5-3-4-8-26-13-20(27)23-21(26)28/h6-7,10,15-16,24H,3-5,8-9,11-14H2,1-2H3,(H,23,27,28)/t15-/m1/s1. The van der Waals surface area contributed by atoms with Crippen LogP contribution in [0, 0.1) is 11.7 Å². The van der Waals surface area contributed by atoms with Crippen LogP contribution in [-0.4, -0.2) is 75.7 Å². The first-order valence-electron chi connectivity index (χ1n) is 10.8. The summed E-state index contributed by atoms with van der Waals surface area (Å²) in [6, 6.07) is 3.46. The second-order valence-corrected chi connectivity index (χ2v) is 10.5. The molecule has 32 heavy (non-hydrogen) atoms. The van der Waals surface area contributed by atoms with E-state index in [9.17, 15) is 22.4 Å². The van der Waals surface area contributed by atoms with Gasteiger partial charge >= 0.3 is 6.03 Å². The summed E-state index contributed by atoms with van der Waals surface area (Å²) < 4.78 is 47.2. The lowest BCUT2D eigenvalue weighted by Gasteiger charge is -2.35. The van der Waals surface area contributed by atoms with Gasteiger partial charge in [-0.05, 0) is 44.5 Å². The van der Waals surface area contributed by atoms with Crippen molar-refractivity contribution in [2.75, 3.05) is 45.6 Å². The Balaban J connectivity index is 1.42. The third-order valence-electron chi connectivity index (χ3n) is 5.64. The van der Waals surface area contributed by atoms with E-state index in [-0.39, 0.29) is 24.0 Å². The molecule has 178 valence electrons. The van der Waals surface area contributed by atoms with Gasteiger partial charge in [0.15, 0.2) is 11.6 Å². The highest BCUT2D eigenvalue weighted by Gasteiger charge is 2.26. The third-order valence-corrected chi connectivity index (χ3v) is 7.17. The van der Waals surface area contributed by atoms with Crippen molar-refractivity contribution < 1.29 is 27.1 Å². The average molecular weight is 471 g/mol. The molecule has 0 radical (unpaired) electrons. The zero-order valence-corrected chi connectivity index (χ0v) is 19.3. The molecule has 9 nitrogen and oxygen atoms in total. The predicted octanol–water partition coefficient (Wildman–Crippen LogP) is 1.47. The molecule has 2 heterocycles. The maximum Gasteiger partial charge on any atom is 0.324 e. The van der Waals surface area contributed by atoms with Gasteiger partial charge in [0.2, 0.25) is 15.9 Å². The van der Waals surface area contributed by atoms with E-state index in [0.717, 1.165) is 13.1 Å². The summed E-state index contributed by atoms with van der Waals surface area (Å²) in [7, 11) is -1.52. The normalized spacial score (nSPS) is 18.5. The van der Waals surface area contributed by atoms with Crippen LogP contribution in [0.5, 0.6) is 5.75 Å². The van der Waals surface area contributed by atoms with E-state index in [1.165, 1.54) is 11.0 Å². The number of carbonyl (C=O) groups is 2. The fourth-order valence-electron chi connectivity index (χ4n) is 3.87. The first kappa shape index (κ1) is 24.4. The van der Waals surface area contributed by atoms with Crippen LogP contribution in [0.4, 0.5) is 9.18 Å². The smallest absolute Gasteiger partial charge is 0.324 e. The molecule has 11 heteroatoms. The Hall–Kier alpha value is -2.24. The van der Waals surface area contributed by atoms with Crippen molar-refractivity contribution in [2.24, 2.45) is 5.92 Å². The van der Waals surface area contributed by atoms with Crippen LogP contribution >= 0.6 is 0 Å². The van der Waals surface area contributed by atoms with Gasteiger partial charge in [-0.2, -0.15) is 0 Å². The third kappa shape index (κ3) is 6.88. The van der Waals surface area contributed by atoms with Crippen molar-refractivity contribution in [2.45, 2.75) is 32.2 Å². The van der Waals surface area contributed by atoms with Crippen molar-refractivity contribution in [3.63, 3.8) is 0 Å². The van der Waals surface area contributed by atoms with Gasteiger partial charge in [0.05, 0.1) is 12.4 Å². The fourth-order valence-corrected chi connectivity index (χ4v) is 5.25. The number of unbranched alkanes of at least 4 members (excludes halogenated alkanes) is 2. The second-order valence-electron chi connectivity index (χ2n) is 8.58. The molecule has 1 aromatic rings. The number of halogens is 1. The number of likely N-dealkylation sites (tertiary alicyclic amines) is 1. The van der Waals surface area contributed by atoms with Crippen molar-refractivity contribution in [1.82, 2.24) is 19.8 Å². The number of urea groups is 1. The molecule has 1 aromatic carbocycles. The number of nitrogens with zero attached hydrogens (tertiary/aromatic N) is 2. The Morgan fingerprint density at radius 2 is 2.00 bits per heavy atom. The Morgan fingerprint density at radius 3 is 2.66 bits per heavy atom. The van der Waals surface area contributed by atoms with Crippen molar-refractivity contribution in [3.05, 3.63) is 29.6 Å². The second kappa shape index (κ2) is 10.6. The summed E-state index contributed by atoms with van der Waals surface area (Å²) in [5, 5.41) is 2.21. The first-order valence-corrected chi connectivity index (χ1v) is 12.5. The molecule has 0 spiro atoms. The van der Waals surface area contributed by atoms with Gasteiger partial charge in [0.1, 0.15) is 6.54 Å². The molecule has 2 aliphatic heterocycles. The minimum absolute atomic E-state index is 0.0529. The fraction of sp³-hybridized carbons (Fsp3) is 0.619. The Kier molecular flexibility index (Phi) is 8.07. The molecule has 2 aliphatic rings. The molecule has 1 atom stereocenters. The highest BCUT2D eigenvalue weighted by atomic mass is 32.2. The SMILES string of the molecule is C[C@@H](NS(=O)(=O)CCCCCN1CC(=O)NC1=O)c1ccc(F)c(OCC2CN(C)C2)c1. The van der Waals surface area contributed by atoms with Crippen molar-refractivity contribution >= 4 is 22.0 Å². The zero-order chi connectivity index (χ0) is 23.3. The van der Waals surface area contributed by atoms with Crippen LogP contribution in [0.3, 0.4) is 0 Å². The molecule has 0 aromatic heterocycles. The lowest BCUT2D eigenvalue weighted by atomic mass is 10.0. The molecule has 0 bridgehead atoms. The maximum absolute atomic E-state index is 14.1. The Labute approximate surface area is 188 Å². The number of amides is 3. The molecule has 3 rings (SSSR count). The monoisotopic (exact) mass is 470 g/mol. The average Bonchev–Trinajstić information content (AvgIpc) is 3.01. The predicted molar refractivity (Wildman–Crippen MR) is 117 cm³/mol. The molecule has 2 fully saturated rings. The number of ether oxygens (including phenoxy) is 1. The van der Waals surface area contributed by atoms with E-state index in [2.05, 4.69) is 14.9 Å². The van der Waals surface area contributed by atoms with Crippen LogP contribution in [-0.2, 0) is 14.8 Å². The van der Waals surface area contributed by atoms with E-state index >= 15 is 0 Å². The van der Waals surface area contributed by atoms with Crippen molar-refractivity contribution in [1.29, 1.82) is 0 Å². The summed E-state index contributed by atoms with van der Waals surface area (Å²) in [6.45, 7) is 4.44. The van der Waals surface area contributed by atoms with Gasteiger partial charge in [0.25, 0.3) is 0 Å². The van der Waals surface area contributed by atoms with Gasteiger partial charge in [-0.25, -0.2) is 22.3 Å². The summed E-state index contributed by atoms with van der Waals surface area (Å²) in [5.41, 5.74) is 0.625. The van der Waals surface area contributed by atoms with Gasteiger partial charge in [-0.1, -0.05) is 12.5 Å². The van der Waals surface area contributed by atoms with E-state index in [0.29, 0.717) is 43.9 Å². The van der Waals surface area contributed by atoms with Crippen LogP contribution in [0.15, 0.2) is 18.2 Å². The molecule has 3 amide bonds. The minimum Gasteiger partial charge on any atom is -0.490 e. The summed E-state index contributed by atoms with van der Waals surface area (Å²) in [6.07, 6.45) is 1.65. The lowest BCUT2D eigenvalue weighted by molar-refractivity contribution is -0.118. The molecular weight excluding hydrogens is 439 g/mol. The highest BCUT2D eigenvalue weighted by Crippen LogP contribution is 2.25. The molecule has 0 aliphatic carbocycles. The van der Waals surface area contributed by atoms with E-state index in [4.69, 9.17) is 4.74 Å². The number of hydrogen-bond acceptors (Lipinski definition) is 6. The number of carbonyl (C=O) groups excluding carboxylic acids is 2. The number of rotatable bonds is 12. The number of benzene rings is 1. The van der Waals surface area contributed by atoms with Gasteiger partial charge in [-0.15, -0.1) is 0 Å². The molecule has 0 unspecified atom stereocenters. The van der Waals surface area contributed by atoms with Crippen LogP contribution in [0.25, 0.3) is 0 Å². The van der Waals surface area contributed by atoms with E-state index < -0.39 is 27.9 Å². The van der Waals surface area contributed by atoms with Crippen LogP contribution in [0.2, 0.25) is 0 Å². The van der Waals surface area contributed by atoms with Gasteiger partial charge in [-0.3, -0.25) is 10.1 Å². The number of imide groups is 1. The maximum atomic E-state index is 14.1. The molecular formula is C21H31FN4O5S. The lowest BCUT2D eigenvalue weighted by Crippen LogP contribution is -2.46. The zero-order valence-electron chi connectivity index (χ0n) is 18.5. The van der Waals surface area contributed by atoms with Crippen molar-refractivity contribution in [3.8, 4) is 5.75 Å². The summed E-state index contributed by atoms with van der Waals surface area (Å²) in [4.78, 5) is 26.2. The van der Waals surface area contributed by atoms with Gasteiger partial charge in [0, 0.05) is 31.6 Å². The first-order chi connectivity index (χ1) is 15.1. The van der Waals surface area contributed by atoms with E-state index in [1.807, 2.05) is 7.05 Å². The molecule has 2 saturated heterocycles. The molecule has 2 N–H and O–H groups in total. The van der Waals surface area contributed by atoms with Gasteiger partial charge < -0.3 is 14.5 Å². The summed E-state index contributed by atoms with van der Waals surface area (Å²) in [5.74, 6) is -0.333. The number of nitrogens with one attached hydrogen (secondary N) is 2. The highest BCUT2D eigenvalue weighted by molar-refractivity contribution is 7.89. The Bertz CT molecular complexity index is 936. The topological polar surface area (TPSA) is 108 Å². The van der Waals surface area contributed by atoms with Crippen LogP contribution in [0.1, 0.15) is 37.8 Å². The quantitative estimate of drug-likeness (QED) is 0.354. The molecule has 0 saturated carbocycles. The number of sulfonamides is 1. The summed E-state index contributed by atoms with van der Waals surface area (Å²) >= 11 is 0.